The lowest BCUT2D eigenvalue weighted by molar-refractivity contribution is -0.116. The van der Waals surface area contributed by atoms with Crippen LogP contribution in [0.5, 0.6) is 0 Å². The molecule has 0 aromatic rings. The predicted octanol–water partition coefficient (Wildman–Crippen LogP) is 2.05. The lowest BCUT2D eigenvalue weighted by Crippen LogP contribution is -2.15. The number of allylic oxidation sites excluding steroid dienone is 2. The molecule has 0 aliphatic carbocycles. The van der Waals surface area contributed by atoms with Crippen molar-refractivity contribution in [2.24, 2.45) is 5.41 Å². The van der Waals surface area contributed by atoms with Crippen LogP contribution in [0.3, 0.4) is 0 Å². The molecule has 0 aromatic carbocycles. The summed E-state index contributed by atoms with van der Waals surface area (Å²) in [5.74, 6) is 0. The highest BCUT2D eigenvalue weighted by Gasteiger charge is 2.19. The summed E-state index contributed by atoms with van der Waals surface area (Å²) in [6.45, 7) is 5.56. The normalized spacial score (nSPS) is 12.4. The van der Waals surface area contributed by atoms with Gasteiger partial charge in [-0.25, -0.2) is 0 Å². The Labute approximate surface area is 61.6 Å². The fourth-order valence-corrected chi connectivity index (χ4v) is 0.562. The number of hydrogen-bond acceptors (Lipinski definition) is 1. The molecule has 0 unspecified atom stereocenters. The van der Waals surface area contributed by atoms with Gasteiger partial charge in [0.15, 0.2) is 5.12 Å². The van der Waals surface area contributed by atoms with Crippen molar-refractivity contribution < 1.29 is 4.79 Å². The molecular weight excluding hydrogens is 132 g/mol. The first-order chi connectivity index (χ1) is 4.00. The third-order valence-electron chi connectivity index (χ3n) is 1.13. The van der Waals surface area contributed by atoms with Crippen molar-refractivity contribution in [2.45, 2.75) is 20.8 Å². The third-order valence-corrected chi connectivity index (χ3v) is 1.71. The van der Waals surface area contributed by atoms with Crippen molar-refractivity contribution in [3.63, 3.8) is 0 Å². The molecule has 0 spiro atoms. The Morgan fingerprint density at radius 2 is 2.00 bits per heavy atom. The largest absolute Gasteiger partial charge is 0.287 e. The molecule has 0 radical (unpaired) electrons. The van der Waals surface area contributed by atoms with E-state index in [9.17, 15) is 4.79 Å². The van der Waals surface area contributed by atoms with E-state index in [2.05, 4.69) is 12.6 Å². The van der Waals surface area contributed by atoms with E-state index in [0.717, 1.165) is 0 Å². The van der Waals surface area contributed by atoms with Crippen LogP contribution in [-0.4, -0.2) is 5.12 Å². The van der Waals surface area contributed by atoms with Crippen LogP contribution in [0.25, 0.3) is 0 Å². The smallest absolute Gasteiger partial charge is 0.195 e. The summed E-state index contributed by atoms with van der Waals surface area (Å²) in [4.78, 5) is 10.7. The average molecular weight is 144 g/mol. The number of carbonyl (C=O) groups is 1. The van der Waals surface area contributed by atoms with Crippen LogP contribution in [0.1, 0.15) is 20.8 Å². The number of rotatable bonds is 2. The standard InChI is InChI=1S/C7H12OS/c1-4-5-7(2,3)6(8)9/h4-5H,1-3H3,(H,8,9). The highest BCUT2D eigenvalue weighted by molar-refractivity contribution is 7.96. The first kappa shape index (κ1) is 8.76. The van der Waals surface area contributed by atoms with Gasteiger partial charge in [-0.15, -0.1) is 12.6 Å². The van der Waals surface area contributed by atoms with Crippen LogP contribution in [0.15, 0.2) is 12.2 Å². The van der Waals surface area contributed by atoms with E-state index >= 15 is 0 Å². The maximum atomic E-state index is 10.7. The minimum atomic E-state index is -0.405. The van der Waals surface area contributed by atoms with Crippen LogP contribution in [0, 0.1) is 5.41 Å². The van der Waals surface area contributed by atoms with Gasteiger partial charge in [0.2, 0.25) is 0 Å². The number of carbonyl (C=O) groups excluding carboxylic acids is 1. The highest BCUT2D eigenvalue weighted by Crippen LogP contribution is 2.19. The van der Waals surface area contributed by atoms with E-state index in [1.54, 1.807) is 0 Å². The van der Waals surface area contributed by atoms with Crippen molar-refractivity contribution >= 4 is 17.7 Å². The fraction of sp³-hybridized carbons (Fsp3) is 0.571. The summed E-state index contributed by atoms with van der Waals surface area (Å²) < 4.78 is 0. The summed E-state index contributed by atoms with van der Waals surface area (Å²) in [5, 5.41) is -0.0967. The van der Waals surface area contributed by atoms with E-state index < -0.39 is 5.41 Å². The minimum Gasteiger partial charge on any atom is -0.287 e. The molecule has 0 bridgehead atoms. The van der Waals surface area contributed by atoms with Crippen LogP contribution in [0.4, 0.5) is 0 Å². The Balaban J connectivity index is 4.19. The van der Waals surface area contributed by atoms with Crippen molar-refractivity contribution in [1.29, 1.82) is 0 Å². The van der Waals surface area contributed by atoms with Gasteiger partial charge in [0.05, 0.1) is 5.41 Å². The average Bonchev–Trinajstić information content (AvgIpc) is 1.65. The molecule has 2 heteroatoms. The van der Waals surface area contributed by atoms with Gasteiger partial charge in [-0.1, -0.05) is 12.2 Å². The highest BCUT2D eigenvalue weighted by atomic mass is 32.1. The van der Waals surface area contributed by atoms with E-state index in [1.807, 2.05) is 32.9 Å². The molecular formula is C7H12OS. The SMILES string of the molecule is CC=CC(C)(C)C(=O)S. The Morgan fingerprint density at radius 3 is 2.11 bits per heavy atom. The topological polar surface area (TPSA) is 17.1 Å². The molecule has 0 N–H and O–H groups in total. The molecule has 0 fully saturated rings. The van der Waals surface area contributed by atoms with Crippen molar-refractivity contribution in [3.05, 3.63) is 12.2 Å². The molecule has 0 amide bonds. The summed E-state index contributed by atoms with van der Waals surface area (Å²) in [6.07, 6.45) is 3.69. The van der Waals surface area contributed by atoms with Gasteiger partial charge in [0, 0.05) is 0 Å². The molecule has 1 nitrogen and oxygen atoms in total. The number of hydrogen-bond donors (Lipinski definition) is 1. The van der Waals surface area contributed by atoms with Gasteiger partial charge >= 0.3 is 0 Å². The number of thiol groups is 1. The zero-order valence-corrected chi connectivity index (χ0v) is 6.90. The van der Waals surface area contributed by atoms with E-state index in [-0.39, 0.29) is 5.12 Å². The molecule has 0 saturated heterocycles. The predicted molar refractivity (Wildman–Crippen MR) is 42.6 cm³/mol. The molecule has 0 aliphatic rings. The quantitative estimate of drug-likeness (QED) is 0.463. The van der Waals surface area contributed by atoms with E-state index in [1.165, 1.54) is 0 Å². The van der Waals surface area contributed by atoms with Gasteiger partial charge < -0.3 is 0 Å². The van der Waals surface area contributed by atoms with Crippen LogP contribution in [0.2, 0.25) is 0 Å². The second kappa shape index (κ2) is 3.06. The summed E-state index contributed by atoms with van der Waals surface area (Å²) in [7, 11) is 0. The van der Waals surface area contributed by atoms with Crippen LogP contribution in [-0.2, 0) is 4.79 Å². The zero-order valence-electron chi connectivity index (χ0n) is 6.01. The molecule has 0 saturated carbocycles. The lowest BCUT2D eigenvalue weighted by atomic mass is 9.95. The Kier molecular flexibility index (Phi) is 2.98. The molecule has 0 heterocycles. The second-order valence-electron chi connectivity index (χ2n) is 2.53. The molecule has 9 heavy (non-hydrogen) atoms. The zero-order chi connectivity index (χ0) is 7.49. The van der Waals surface area contributed by atoms with Crippen LogP contribution >= 0.6 is 12.6 Å². The first-order valence-electron chi connectivity index (χ1n) is 2.88. The monoisotopic (exact) mass is 144 g/mol. The Morgan fingerprint density at radius 1 is 1.56 bits per heavy atom. The van der Waals surface area contributed by atoms with Gasteiger partial charge in [0.25, 0.3) is 0 Å². The maximum absolute atomic E-state index is 10.7. The molecule has 0 rings (SSSR count). The first-order valence-corrected chi connectivity index (χ1v) is 3.32. The summed E-state index contributed by atoms with van der Waals surface area (Å²) >= 11 is 3.72. The molecule has 52 valence electrons. The maximum Gasteiger partial charge on any atom is 0.195 e. The van der Waals surface area contributed by atoms with Gasteiger partial charge in [-0.05, 0) is 20.8 Å². The molecule has 0 atom stereocenters. The fourth-order valence-electron chi connectivity index (χ4n) is 0.488. The Hall–Kier alpha value is -0.240. The summed E-state index contributed by atoms with van der Waals surface area (Å²) in [5.41, 5.74) is -0.405. The van der Waals surface area contributed by atoms with Gasteiger partial charge in [0.1, 0.15) is 0 Å². The third kappa shape index (κ3) is 2.70. The van der Waals surface area contributed by atoms with Crippen molar-refractivity contribution in [3.8, 4) is 0 Å². The lowest BCUT2D eigenvalue weighted by Gasteiger charge is -2.13. The van der Waals surface area contributed by atoms with Crippen molar-refractivity contribution in [2.75, 3.05) is 0 Å². The van der Waals surface area contributed by atoms with Crippen LogP contribution < -0.4 is 0 Å². The van der Waals surface area contributed by atoms with Gasteiger partial charge in [-0.2, -0.15) is 0 Å². The Bertz CT molecular complexity index is 136. The van der Waals surface area contributed by atoms with E-state index in [4.69, 9.17) is 0 Å². The second-order valence-corrected chi connectivity index (χ2v) is 2.93. The minimum absolute atomic E-state index is 0.0967. The van der Waals surface area contributed by atoms with E-state index in [0.29, 0.717) is 0 Å². The van der Waals surface area contributed by atoms with Crippen molar-refractivity contribution in [1.82, 2.24) is 0 Å². The van der Waals surface area contributed by atoms with Gasteiger partial charge in [-0.3, -0.25) is 4.79 Å². The molecule has 0 aromatic heterocycles. The summed E-state index contributed by atoms with van der Waals surface area (Å²) in [6, 6.07) is 0. The molecule has 0 aliphatic heterocycles.